The van der Waals surface area contributed by atoms with E-state index in [0.29, 0.717) is 24.5 Å². The van der Waals surface area contributed by atoms with Crippen LogP contribution in [0.4, 0.5) is 0 Å². The Morgan fingerprint density at radius 2 is 1.62 bits per heavy atom. The van der Waals surface area contributed by atoms with Gasteiger partial charge in [-0.25, -0.2) is 0 Å². The molecule has 0 unspecified atom stereocenters. The molecule has 6 heteroatoms. The zero-order valence-electron chi connectivity index (χ0n) is 12.9. The summed E-state index contributed by atoms with van der Waals surface area (Å²) in [7, 11) is 0. The average Bonchev–Trinajstić information content (AvgIpc) is 3.20. The third kappa shape index (κ3) is 2.92. The SMILES string of the molecule is N#Cc1cccc(O[C@H]2CO[C@H]3[C@@H]2OC[C@H]3Oc2ccncc2)c1. The number of hydrogen-bond acceptors (Lipinski definition) is 6. The molecule has 0 bridgehead atoms. The lowest BCUT2D eigenvalue weighted by atomic mass is 10.1. The van der Waals surface area contributed by atoms with Gasteiger partial charge in [0.1, 0.15) is 23.7 Å². The number of benzene rings is 1. The van der Waals surface area contributed by atoms with Crippen LogP contribution in [-0.4, -0.2) is 42.6 Å². The van der Waals surface area contributed by atoms with E-state index in [0.717, 1.165) is 5.75 Å². The Morgan fingerprint density at radius 3 is 2.29 bits per heavy atom. The molecule has 4 rings (SSSR count). The number of nitriles is 1. The molecule has 2 aromatic rings. The molecule has 2 aliphatic rings. The van der Waals surface area contributed by atoms with Crippen LogP contribution in [0, 0.1) is 11.3 Å². The molecule has 1 aromatic carbocycles. The van der Waals surface area contributed by atoms with E-state index in [1.165, 1.54) is 0 Å². The number of fused-ring (bicyclic) bond motifs is 1. The third-order valence-electron chi connectivity index (χ3n) is 4.15. The van der Waals surface area contributed by atoms with Gasteiger partial charge in [0.05, 0.1) is 24.8 Å². The van der Waals surface area contributed by atoms with Crippen molar-refractivity contribution < 1.29 is 18.9 Å². The van der Waals surface area contributed by atoms with Crippen LogP contribution < -0.4 is 9.47 Å². The maximum absolute atomic E-state index is 8.97. The summed E-state index contributed by atoms with van der Waals surface area (Å²) in [5.74, 6) is 1.39. The van der Waals surface area contributed by atoms with E-state index in [-0.39, 0.29) is 24.4 Å². The number of rotatable bonds is 4. The minimum atomic E-state index is -0.213. The van der Waals surface area contributed by atoms with Gasteiger partial charge < -0.3 is 18.9 Å². The Kier molecular flexibility index (Phi) is 4.03. The van der Waals surface area contributed by atoms with Gasteiger partial charge in [-0.05, 0) is 30.3 Å². The second kappa shape index (κ2) is 6.48. The minimum Gasteiger partial charge on any atom is -0.485 e. The van der Waals surface area contributed by atoms with Crippen molar-refractivity contribution in [3.05, 3.63) is 54.4 Å². The summed E-state index contributed by atoms with van der Waals surface area (Å²) in [6.45, 7) is 0.887. The largest absolute Gasteiger partial charge is 0.485 e. The van der Waals surface area contributed by atoms with Crippen LogP contribution in [0.2, 0.25) is 0 Å². The molecule has 2 aliphatic heterocycles. The Balaban J connectivity index is 1.42. The maximum atomic E-state index is 8.97. The summed E-state index contributed by atoms with van der Waals surface area (Å²) in [5.41, 5.74) is 0.564. The van der Waals surface area contributed by atoms with Crippen LogP contribution in [0.25, 0.3) is 0 Å². The predicted molar refractivity (Wildman–Crippen MR) is 83.7 cm³/mol. The molecule has 122 valence electrons. The van der Waals surface area contributed by atoms with Crippen molar-refractivity contribution in [2.45, 2.75) is 24.4 Å². The molecule has 2 fully saturated rings. The summed E-state index contributed by atoms with van der Waals surface area (Å²) in [5, 5.41) is 8.97. The number of pyridine rings is 1. The summed E-state index contributed by atoms with van der Waals surface area (Å²) in [4.78, 5) is 3.97. The van der Waals surface area contributed by atoms with Gasteiger partial charge in [-0.3, -0.25) is 4.98 Å². The molecule has 0 amide bonds. The Labute approximate surface area is 139 Å². The fourth-order valence-corrected chi connectivity index (χ4v) is 3.04. The van der Waals surface area contributed by atoms with Crippen LogP contribution in [-0.2, 0) is 9.47 Å². The molecular weight excluding hydrogens is 308 g/mol. The zero-order chi connectivity index (χ0) is 16.4. The van der Waals surface area contributed by atoms with Gasteiger partial charge in [0.15, 0.2) is 12.2 Å². The predicted octanol–water partition coefficient (Wildman–Crippen LogP) is 1.95. The van der Waals surface area contributed by atoms with Crippen LogP contribution >= 0.6 is 0 Å². The van der Waals surface area contributed by atoms with Crippen molar-refractivity contribution in [1.29, 1.82) is 5.26 Å². The normalized spacial score (nSPS) is 28.1. The second-order valence-corrected chi connectivity index (χ2v) is 5.73. The van der Waals surface area contributed by atoms with Gasteiger partial charge in [0.25, 0.3) is 0 Å². The van der Waals surface area contributed by atoms with E-state index in [1.54, 1.807) is 30.6 Å². The monoisotopic (exact) mass is 324 g/mol. The molecular formula is C18H16N2O4. The zero-order valence-corrected chi connectivity index (χ0v) is 12.9. The van der Waals surface area contributed by atoms with Gasteiger partial charge in [0, 0.05) is 12.4 Å². The van der Waals surface area contributed by atoms with Crippen LogP contribution in [0.3, 0.4) is 0 Å². The smallest absolute Gasteiger partial charge is 0.151 e. The average molecular weight is 324 g/mol. The molecule has 0 radical (unpaired) electrons. The molecule has 2 saturated heterocycles. The van der Waals surface area contributed by atoms with Gasteiger partial charge in [-0.1, -0.05) is 6.07 Å². The van der Waals surface area contributed by atoms with Crippen molar-refractivity contribution in [3.8, 4) is 17.6 Å². The van der Waals surface area contributed by atoms with Gasteiger partial charge in [0.2, 0.25) is 0 Å². The van der Waals surface area contributed by atoms with Crippen molar-refractivity contribution >= 4 is 0 Å². The van der Waals surface area contributed by atoms with Gasteiger partial charge in [-0.15, -0.1) is 0 Å². The van der Waals surface area contributed by atoms with Crippen LogP contribution in [0.1, 0.15) is 5.56 Å². The van der Waals surface area contributed by atoms with Crippen molar-refractivity contribution in [1.82, 2.24) is 4.98 Å². The van der Waals surface area contributed by atoms with Gasteiger partial charge in [-0.2, -0.15) is 5.26 Å². The van der Waals surface area contributed by atoms with E-state index in [1.807, 2.05) is 18.2 Å². The Hall–Kier alpha value is -2.62. The summed E-state index contributed by atoms with van der Waals surface area (Å²) in [6.07, 6.45) is 2.65. The fraction of sp³-hybridized carbons (Fsp3) is 0.333. The highest BCUT2D eigenvalue weighted by atomic mass is 16.6. The van der Waals surface area contributed by atoms with Gasteiger partial charge >= 0.3 is 0 Å². The number of hydrogen-bond donors (Lipinski definition) is 0. The number of aromatic nitrogens is 1. The molecule has 1 aromatic heterocycles. The lowest BCUT2D eigenvalue weighted by Crippen LogP contribution is -2.36. The quantitative estimate of drug-likeness (QED) is 0.856. The van der Waals surface area contributed by atoms with Crippen LogP contribution in [0.15, 0.2) is 48.8 Å². The standard InChI is InChI=1S/C18H16N2O4/c19-9-12-2-1-3-14(8-12)24-16-11-22-17-15(10-21-18(16)17)23-13-4-6-20-7-5-13/h1-8,15-18H,10-11H2/t15-,16+,17-,18-/m1/s1. The highest BCUT2D eigenvalue weighted by Gasteiger charge is 2.50. The minimum absolute atomic E-state index is 0.165. The summed E-state index contributed by atoms with van der Waals surface area (Å²) >= 11 is 0. The third-order valence-corrected chi connectivity index (χ3v) is 4.15. The summed E-state index contributed by atoms with van der Waals surface area (Å²) < 4.78 is 23.6. The van der Waals surface area contributed by atoms with Crippen molar-refractivity contribution in [3.63, 3.8) is 0 Å². The molecule has 24 heavy (non-hydrogen) atoms. The first kappa shape index (κ1) is 14.9. The lowest BCUT2D eigenvalue weighted by molar-refractivity contribution is 0.0181. The molecule has 0 spiro atoms. The molecule has 0 saturated carbocycles. The topological polar surface area (TPSA) is 73.6 Å². The van der Waals surface area contributed by atoms with Crippen LogP contribution in [0.5, 0.6) is 11.5 Å². The highest BCUT2D eigenvalue weighted by Crippen LogP contribution is 2.32. The first-order chi connectivity index (χ1) is 11.8. The molecule has 0 aliphatic carbocycles. The maximum Gasteiger partial charge on any atom is 0.151 e. The first-order valence-electron chi connectivity index (χ1n) is 7.80. The Bertz CT molecular complexity index is 746. The first-order valence-corrected chi connectivity index (χ1v) is 7.80. The van der Waals surface area contributed by atoms with E-state index in [4.69, 9.17) is 24.2 Å². The number of nitrogens with zero attached hydrogens (tertiary/aromatic N) is 2. The number of ether oxygens (including phenoxy) is 4. The van der Waals surface area contributed by atoms with Crippen molar-refractivity contribution in [2.24, 2.45) is 0 Å². The Morgan fingerprint density at radius 1 is 0.958 bits per heavy atom. The second-order valence-electron chi connectivity index (χ2n) is 5.73. The lowest BCUT2D eigenvalue weighted by Gasteiger charge is -2.18. The van der Waals surface area contributed by atoms with E-state index in [2.05, 4.69) is 11.1 Å². The fourth-order valence-electron chi connectivity index (χ4n) is 3.04. The van der Waals surface area contributed by atoms with E-state index >= 15 is 0 Å². The molecule has 0 N–H and O–H groups in total. The van der Waals surface area contributed by atoms with E-state index < -0.39 is 0 Å². The molecule has 6 nitrogen and oxygen atoms in total. The molecule has 4 atom stereocenters. The van der Waals surface area contributed by atoms with E-state index in [9.17, 15) is 0 Å². The van der Waals surface area contributed by atoms with Crippen molar-refractivity contribution in [2.75, 3.05) is 13.2 Å². The highest BCUT2D eigenvalue weighted by molar-refractivity contribution is 5.36. The molecule has 3 heterocycles. The summed E-state index contributed by atoms with van der Waals surface area (Å²) in [6, 6.07) is 12.8.